The topological polar surface area (TPSA) is 88.1 Å². The summed E-state index contributed by atoms with van der Waals surface area (Å²) in [5.74, 6) is 1.03. The third kappa shape index (κ3) is 3.95. The van der Waals surface area contributed by atoms with E-state index in [9.17, 15) is 0 Å². The highest BCUT2D eigenvalue weighted by Crippen LogP contribution is 2.18. The van der Waals surface area contributed by atoms with Crippen LogP contribution in [0.4, 0.5) is 17.5 Å². The van der Waals surface area contributed by atoms with E-state index < -0.39 is 0 Å². The van der Waals surface area contributed by atoms with Crippen molar-refractivity contribution in [1.29, 1.82) is 0 Å². The van der Waals surface area contributed by atoms with E-state index in [0.29, 0.717) is 11.8 Å². The standard InChI is InChI=1S/C19H26N8/c1-25-18-16(14-22-25)17(20)23-19(24-18)21-8-5-9-26-10-12-27(13-11-26)15-6-3-2-4-7-15/h2-4,6-7,14H,5,8-13H2,1H3,(H3,20,21,23,24). The molecule has 8 nitrogen and oxygen atoms in total. The number of aryl methyl sites for hydroxylation is 1. The van der Waals surface area contributed by atoms with Crippen LogP contribution in [-0.2, 0) is 7.05 Å². The van der Waals surface area contributed by atoms with Gasteiger partial charge in [0.05, 0.1) is 11.6 Å². The number of fused-ring (bicyclic) bond motifs is 1. The van der Waals surface area contributed by atoms with Gasteiger partial charge in [0.25, 0.3) is 0 Å². The molecule has 1 aliphatic rings. The molecule has 27 heavy (non-hydrogen) atoms. The molecule has 8 heteroatoms. The second-order valence-electron chi connectivity index (χ2n) is 6.88. The van der Waals surface area contributed by atoms with Crippen LogP contribution >= 0.6 is 0 Å². The molecule has 1 aromatic carbocycles. The van der Waals surface area contributed by atoms with Crippen molar-refractivity contribution in [2.45, 2.75) is 6.42 Å². The molecule has 0 amide bonds. The number of nitrogens with two attached hydrogens (primary N) is 1. The van der Waals surface area contributed by atoms with Crippen molar-refractivity contribution < 1.29 is 0 Å². The number of rotatable bonds is 6. The van der Waals surface area contributed by atoms with Crippen LogP contribution in [0.15, 0.2) is 36.5 Å². The molecule has 3 heterocycles. The van der Waals surface area contributed by atoms with Crippen LogP contribution in [0.5, 0.6) is 0 Å². The zero-order chi connectivity index (χ0) is 18.6. The Morgan fingerprint density at radius 1 is 1.07 bits per heavy atom. The zero-order valence-electron chi connectivity index (χ0n) is 15.7. The van der Waals surface area contributed by atoms with Crippen LogP contribution in [0.25, 0.3) is 11.0 Å². The third-order valence-corrected chi connectivity index (χ3v) is 5.05. The van der Waals surface area contributed by atoms with Crippen molar-refractivity contribution in [3.63, 3.8) is 0 Å². The van der Waals surface area contributed by atoms with Gasteiger partial charge in [-0.3, -0.25) is 9.58 Å². The molecule has 2 aromatic heterocycles. The van der Waals surface area contributed by atoms with Crippen LogP contribution in [0.2, 0.25) is 0 Å². The molecular weight excluding hydrogens is 340 g/mol. The first-order chi connectivity index (χ1) is 13.2. The number of para-hydroxylation sites is 1. The van der Waals surface area contributed by atoms with Gasteiger partial charge in [-0.25, -0.2) is 0 Å². The van der Waals surface area contributed by atoms with Crippen molar-refractivity contribution in [3.05, 3.63) is 36.5 Å². The molecule has 3 aromatic rings. The lowest BCUT2D eigenvalue weighted by Crippen LogP contribution is -2.46. The minimum atomic E-state index is 0.465. The van der Waals surface area contributed by atoms with Gasteiger partial charge < -0.3 is 16.0 Å². The van der Waals surface area contributed by atoms with E-state index in [0.717, 1.165) is 56.7 Å². The molecule has 1 aliphatic heterocycles. The van der Waals surface area contributed by atoms with E-state index in [4.69, 9.17) is 5.73 Å². The fourth-order valence-electron chi connectivity index (χ4n) is 3.49. The minimum absolute atomic E-state index is 0.465. The molecule has 0 aliphatic carbocycles. The Balaban J connectivity index is 1.23. The zero-order valence-corrected chi connectivity index (χ0v) is 15.7. The van der Waals surface area contributed by atoms with Gasteiger partial charge in [0.1, 0.15) is 5.82 Å². The maximum atomic E-state index is 6.00. The maximum Gasteiger partial charge on any atom is 0.226 e. The lowest BCUT2D eigenvalue weighted by atomic mass is 10.2. The summed E-state index contributed by atoms with van der Waals surface area (Å²) in [6, 6.07) is 10.6. The molecule has 0 unspecified atom stereocenters. The van der Waals surface area contributed by atoms with E-state index >= 15 is 0 Å². The van der Waals surface area contributed by atoms with Gasteiger partial charge in [0.15, 0.2) is 5.65 Å². The monoisotopic (exact) mass is 366 g/mol. The summed E-state index contributed by atoms with van der Waals surface area (Å²) in [7, 11) is 1.85. The molecule has 0 saturated carbocycles. The molecule has 0 bridgehead atoms. The molecule has 1 fully saturated rings. The summed E-state index contributed by atoms with van der Waals surface area (Å²) in [4.78, 5) is 13.8. The average molecular weight is 366 g/mol. The molecular formula is C19H26N8. The number of aromatic nitrogens is 4. The number of nitrogens with one attached hydrogen (secondary N) is 1. The first-order valence-electron chi connectivity index (χ1n) is 9.42. The summed E-state index contributed by atoms with van der Waals surface area (Å²) < 4.78 is 1.71. The number of benzene rings is 1. The maximum absolute atomic E-state index is 6.00. The Kier molecular flexibility index (Phi) is 5.06. The lowest BCUT2D eigenvalue weighted by molar-refractivity contribution is 0.257. The second kappa shape index (κ2) is 7.79. The van der Waals surface area contributed by atoms with E-state index in [1.54, 1.807) is 10.9 Å². The summed E-state index contributed by atoms with van der Waals surface area (Å²) in [6.07, 6.45) is 2.74. The highest BCUT2D eigenvalue weighted by molar-refractivity contribution is 5.86. The van der Waals surface area contributed by atoms with Gasteiger partial charge in [0.2, 0.25) is 5.95 Å². The second-order valence-corrected chi connectivity index (χ2v) is 6.88. The Bertz CT molecular complexity index is 883. The van der Waals surface area contributed by atoms with Gasteiger partial charge in [-0.1, -0.05) is 18.2 Å². The molecule has 1 saturated heterocycles. The van der Waals surface area contributed by atoms with Crippen LogP contribution in [0, 0.1) is 0 Å². The van der Waals surface area contributed by atoms with Gasteiger partial charge in [-0.2, -0.15) is 15.1 Å². The summed E-state index contributed by atoms with van der Waals surface area (Å²) in [5, 5.41) is 8.26. The summed E-state index contributed by atoms with van der Waals surface area (Å²) in [5.41, 5.74) is 8.07. The smallest absolute Gasteiger partial charge is 0.226 e. The minimum Gasteiger partial charge on any atom is -0.383 e. The highest BCUT2D eigenvalue weighted by Gasteiger charge is 2.16. The Morgan fingerprint density at radius 2 is 1.85 bits per heavy atom. The van der Waals surface area contributed by atoms with Crippen LogP contribution < -0.4 is 16.0 Å². The number of hydrogen-bond acceptors (Lipinski definition) is 7. The predicted molar refractivity (Wildman–Crippen MR) is 109 cm³/mol. The Labute approximate surface area is 159 Å². The summed E-state index contributed by atoms with van der Waals surface area (Å²) >= 11 is 0. The number of anilines is 3. The lowest BCUT2D eigenvalue weighted by Gasteiger charge is -2.36. The van der Waals surface area contributed by atoms with Gasteiger partial charge in [-0.15, -0.1) is 0 Å². The Morgan fingerprint density at radius 3 is 2.63 bits per heavy atom. The van der Waals surface area contributed by atoms with E-state index in [1.165, 1.54) is 5.69 Å². The van der Waals surface area contributed by atoms with Crippen molar-refractivity contribution in [2.75, 3.05) is 55.2 Å². The first-order valence-corrected chi connectivity index (χ1v) is 9.42. The van der Waals surface area contributed by atoms with Crippen molar-refractivity contribution in [3.8, 4) is 0 Å². The van der Waals surface area contributed by atoms with E-state index in [2.05, 4.69) is 60.5 Å². The summed E-state index contributed by atoms with van der Waals surface area (Å²) in [6.45, 7) is 6.24. The molecule has 0 atom stereocenters. The number of piperazine rings is 1. The number of nitrogens with zero attached hydrogens (tertiary/aromatic N) is 6. The Hall–Kier alpha value is -2.87. The van der Waals surface area contributed by atoms with Crippen molar-refractivity contribution in [1.82, 2.24) is 24.6 Å². The van der Waals surface area contributed by atoms with Crippen LogP contribution in [0.1, 0.15) is 6.42 Å². The third-order valence-electron chi connectivity index (χ3n) is 5.05. The van der Waals surface area contributed by atoms with Crippen molar-refractivity contribution >= 4 is 28.5 Å². The largest absolute Gasteiger partial charge is 0.383 e. The van der Waals surface area contributed by atoms with E-state index in [1.807, 2.05) is 7.05 Å². The molecule has 0 spiro atoms. The van der Waals surface area contributed by atoms with Gasteiger partial charge in [-0.05, 0) is 25.1 Å². The molecule has 0 radical (unpaired) electrons. The normalized spacial score (nSPS) is 15.4. The fourth-order valence-corrected chi connectivity index (χ4v) is 3.49. The van der Waals surface area contributed by atoms with Gasteiger partial charge >= 0.3 is 0 Å². The van der Waals surface area contributed by atoms with Crippen molar-refractivity contribution in [2.24, 2.45) is 7.05 Å². The molecule has 3 N–H and O–H groups in total. The average Bonchev–Trinajstić information content (AvgIpc) is 3.08. The molecule has 4 rings (SSSR count). The predicted octanol–water partition coefficient (Wildman–Crippen LogP) is 1.57. The first kappa shape index (κ1) is 17.5. The van der Waals surface area contributed by atoms with Gasteiger partial charge in [0, 0.05) is 45.5 Å². The SMILES string of the molecule is Cn1ncc2c(N)nc(NCCCN3CCN(c4ccccc4)CC3)nc21. The van der Waals surface area contributed by atoms with Crippen LogP contribution in [-0.4, -0.2) is 63.9 Å². The highest BCUT2D eigenvalue weighted by atomic mass is 15.3. The van der Waals surface area contributed by atoms with E-state index in [-0.39, 0.29) is 0 Å². The molecule has 142 valence electrons. The quantitative estimate of drug-likeness (QED) is 0.640. The fraction of sp³-hybridized carbons (Fsp3) is 0.421. The number of hydrogen-bond donors (Lipinski definition) is 2. The van der Waals surface area contributed by atoms with Crippen LogP contribution in [0.3, 0.4) is 0 Å². The number of nitrogen functional groups attached to an aromatic ring is 1.